The number of piperazine rings is 1. The second-order valence-corrected chi connectivity index (χ2v) is 6.15. The van der Waals surface area contributed by atoms with Gasteiger partial charge in [-0.1, -0.05) is 0 Å². The van der Waals surface area contributed by atoms with Gasteiger partial charge in [0.25, 0.3) is 0 Å². The number of hydrogen-bond donors (Lipinski definition) is 1. The molecule has 0 aliphatic carbocycles. The van der Waals surface area contributed by atoms with E-state index in [1.807, 2.05) is 7.05 Å². The minimum Gasteiger partial charge on any atom is -0.482 e. The number of hydrogen-bond acceptors (Lipinski definition) is 6. The average Bonchev–Trinajstić information content (AvgIpc) is 2.63. The topological polar surface area (TPSA) is 53.5 Å². The molecule has 1 aliphatic rings. The highest BCUT2D eigenvalue weighted by molar-refractivity contribution is 5.69. The standard InChI is InChI=1S/C17H19F4N5O/c1-25-4-6-26(7-5-25)13-2-3-15(27-11-17(19,20)21)14(8-13)24-16-22-9-12(18)10-23-16/h2-3,8-10H,4-7,11H2,1H3,(H,22,23,24)/i9D. The van der Waals surface area contributed by atoms with E-state index in [4.69, 9.17) is 6.11 Å². The van der Waals surface area contributed by atoms with E-state index in [1.165, 1.54) is 6.07 Å². The Morgan fingerprint density at radius 1 is 1.22 bits per heavy atom. The highest BCUT2D eigenvalue weighted by Crippen LogP contribution is 2.33. The van der Waals surface area contributed by atoms with E-state index in [0.29, 0.717) is 0 Å². The fraction of sp³-hybridized carbons (Fsp3) is 0.412. The van der Waals surface area contributed by atoms with Crippen molar-refractivity contribution in [3.63, 3.8) is 0 Å². The third kappa shape index (κ3) is 5.43. The summed E-state index contributed by atoms with van der Waals surface area (Å²) in [6, 6.07) is 4.75. The fourth-order valence-electron chi connectivity index (χ4n) is 2.63. The maximum atomic E-state index is 13.2. The van der Waals surface area contributed by atoms with Crippen LogP contribution in [0.25, 0.3) is 0 Å². The Morgan fingerprint density at radius 3 is 2.63 bits per heavy atom. The van der Waals surface area contributed by atoms with Gasteiger partial charge in [0, 0.05) is 31.9 Å². The summed E-state index contributed by atoms with van der Waals surface area (Å²) in [5.74, 6) is -1.06. The molecule has 0 unspecified atom stereocenters. The number of anilines is 3. The molecule has 1 N–H and O–H groups in total. The average molecular weight is 386 g/mol. The molecule has 10 heteroatoms. The molecule has 146 valence electrons. The summed E-state index contributed by atoms with van der Waals surface area (Å²) in [5, 5.41) is 2.73. The molecule has 6 nitrogen and oxygen atoms in total. The van der Waals surface area contributed by atoms with E-state index in [9.17, 15) is 17.6 Å². The van der Waals surface area contributed by atoms with Crippen molar-refractivity contribution in [2.45, 2.75) is 6.18 Å². The fourth-order valence-corrected chi connectivity index (χ4v) is 2.63. The predicted molar refractivity (Wildman–Crippen MR) is 93.0 cm³/mol. The summed E-state index contributed by atoms with van der Waals surface area (Å²) in [6.45, 7) is 1.80. The lowest BCUT2D eigenvalue weighted by molar-refractivity contribution is -0.153. The molecule has 1 aromatic carbocycles. The zero-order chi connectivity index (χ0) is 20.3. The second kappa shape index (κ2) is 7.95. The molecule has 0 saturated carbocycles. The molecular weight excluding hydrogens is 366 g/mol. The number of nitrogens with one attached hydrogen (secondary N) is 1. The highest BCUT2D eigenvalue weighted by atomic mass is 19.4. The van der Waals surface area contributed by atoms with Gasteiger partial charge in [0.15, 0.2) is 12.4 Å². The highest BCUT2D eigenvalue weighted by Gasteiger charge is 2.29. The Morgan fingerprint density at radius 2 is 1.96 bits per heavy atom. The summed E-state index contributed by atoms with van der Waals surface area (Å²) in [7, 11) is 2.02. The Labute approximate surface area is 155 Å². The first-order valence-electron chi connectivity index (χ1n) is 8.74. The van der Waals surface area contributed by atoms with Gasteiger partial charge < -0.3 is 19.9 Å². The number of halogens is 4. The molecule has 0 amide bonds. The molecule has 2 aromatic rings. The number of benzene rings is 1. The van der Waals surface area contributed by atoms with Crippen molar-refractivity contribution in [1.82, 2.24) is 14.9 Å². The lowest BCUT2D eigenvalue weighted by Crippen LogP contribution is -2.44. The van der Waals surface area contributed by atoms with Crippen LogP contribution in [0, 0.1) is 5.82 Å². The number of rotatable bonds is 5. The van der Waals surface area contributed by atoms with Crippen LogP contribution in [-0.4, -0.2) is 60.9 Å². The van der Waals surface area contributed by atoms with Crippen molar-refractivity contribution in [1.29, 1.82) is 0 Å². The van der Waals surface area contributed by atoms with Crippen LogP contribution in [0.15, 0.2) is 30.6 Å². The van der Waals surface area contributed by atoms with Gasteiger partial charge in [-0.3, -0.25) is 0 Å². The van der Waals surface area contributed by atoms with E-state index >= 15 is 0 Å². The zero-order valence-corrected chi connectivity index (χ0v) is 14.6. The van der Waals surface area contributed by atoms with Gasteiger partial charge in [-0.25, -0.2) is 14.4 Å². The molecule has 0 atom stereocenters. The van der Waals surface area contributed by atoms with Crippen molar-refractivity contribution in [2.75, 3.05) is 50.1 Å². The monoisotopic (exact) mass is 386 g/mol. The smallest absolute Gasteiger partial charge is 0.422 e. The van der Waals surface area contributed by atoms with Crippen molar-refractivity contribution < 1.29 is 23.7 Å². The predicted octanol–water partition coefficient (Wildman–Crippen LogP) is 3.05. The van der Waals surface area contributed by atoms with Gasteiger partial charge in [0.05, 0.1) is 19.4 Å². The summed E-state index contributed by atoms with van der Waals surface area (Å²) >= 11 is 0. The van der Waals surface area contributed by atoms with E-state index in [1.54, 1.807) is 12.1 Å². The Hall–Kier alpha value is -2.62. The molecule has 3 rings (SSSR count). The van der Waals surface area contributed by atoms with Crippen LogP contribution >= 0.6 is 0 Å². The van der Waals surface area contributed by atoms with Crippen molar-refractivity contribution in [3.8, 4) is 5.75 Å². The lowest BCUT2D eigenvalue weighted by Gasteiger charge is -2.34. The molecule has 1 aliphatic heterocycles. The molecule has 1 saturated heterocycles. The zero-order valence-electron chi connectivity index (χ0n) is 15.6. The van der Waals surface area contributed by atoms with Crippen LogP contribution in [0.4, 0.5) is 34.9 Å². The number of alkyl halides is 3. The SMILES string of the molecule is [2H]c1nc(Nc2cc(N3CCN(C)CC3)ccc2OCC(F)(F)F)ncc1F. The van der Waals surface area contributed by atoms with Crippen LogP contribution < -0.4 is 15.0 Å². The first-order chi connectivity index (χ1) is 13.2. The molecule has 1 fully saturated rings. The van der Waals surface area contributed by atoms with E-state index in [-0.39, 0.29) is 17.4 Å². The van der Waals surface area contributed by atoms with Crippen LogP contribution in [-0.2, 0) is 0 Å². The molecule has 0 radical (unpaired) electrons. The normalized spacial score (nSPS) is 16.2. The van der Waals surface area contributed by atoms with E-state index in [2.05, 4.69) is 25.1 Å². The first kappa shape index (κ1) is 17.8. The molecular formula is C17H19F4N5O. The van der Waals surface area contributed by atoms with Crippen LogP contribution in [0.2, 0.25) is 0 Å². The second-order valence-electron chi connectivity index (χ2n) is 6.15. The number of ether oxygens (including phenoxy) is 1. The Kier molecular flexibility index (Phi) is 5.23. The van der Waals surface area contributed by atoms with E-state index in [0.717, 1.165) is 38.1 Å². The van der Waals surface area contributed by atoms with Gasteiger partial charge >= 0.3 is 6.18 Å². The van der Waals surface area contributed by atoms with Crippen LogP contribution in [0.1, 0.15) is 1.37 Å². The third-order valence-electron chi connectivity index (χ3n) is 4.04. The largest absolute Gasteiger partial charge is 0.482 e. The summed E-state index contributed by atoms with van der Waals surface area (Å²) in [6.07, 6.45) is -4.29. The van der Waals surface area contributed by atoms with Gasteiger partial charge in [-0.15, -0.1) is 0 Å². The van der Waals surface area contributed by atoms with Gasteiger partial charge in [0.2, 0.25) is 5.95 Å². The Bertz CT molecular complexity index is 828. The summed E-state index contributed by atoms with van der Waals surface area (Å²) in [5.41, 5.74) is 0.995. The van der Waals surface area contributed by atoms with Crippen molar-refractivity contribution in [3.05, 3.63) is 36.4 Å². The van der Waals surface area contributed by atoms with Crippen LogP contribution in [0.3, 0.4) is 0 Å². The first-order valence-corrected chi connectivity index (χ1v) is 8.24. The molecule has 0 spiro atoms. The van der Waals surface area contributed by atoms with Crippen molar-refractivity contribution >= 4 is 17.3 Å². The number of nitrogens with zero attached hydrogens (tertiary/aromatic N) is 4. The molecule has 0 bridgehead atoms. The minimum absolute atomic E-state index is 0.0466. The number of likely N-dealkylation sites (N-methyl/N-ethyl adjacent to an activating group) is 1. The molecule has 1 aromatic heterocycles. The number of aromatic nitrogens is 2. The van der Waals surface area contributed by atoms with Gasteiger partial charge in [0.1, 0.15) is 5.75 Å². The van der Waals surface area contributed by atoms with Gasteiger partial charge in [-0.05, 0) is 25.2 Å². The maximum absolute atomic E-state index is 13.2. The van der Waals surface area contributed by atoms with E-state index < -0.39 is 24.8 Å². The summed E-state index contributed by atoms with van der Waals surface area (Å²) < 4.78 is 63.2. The molecule has 2 heterocycles. The minimum atomic E-state index is -4.49. The molecule has 27 heavy (non-hydrogen) atoms. The summed E-state index contributed by atoms with van der Waals surface area (Å²) in [4.78, 5) is 11.6. The maximum Gasteiger partial charge on any atom is 0.422 e. The van der Waals surface area contributed by atoms with Gasteiger partial charge in [-0.2, -0.15) is 13.2 Å². The van der Waals surface area contributed by atoms with Crippen LogP contribution in [0.5, 0.6) is 5.75 Å². The third-order valence-corrected chi connectivity index (χ3v) is 4.04. The quantitative estimate of drug-likeness (QED) is 0.798. The van der Waals surface area contributed by atoms with Crippen molar-refractivity contribution in [2.24, 2.45) is 0 Å². The Balaban J connectivity index is 1.87. The lowest BCUT2D eigenvalue weighted by atomic mass is 10.2.